The summed E-state index contributed by atoms with van der Waals surface area (Å²) in [6.45, 7) is -0.672. The van der Waals surface area contributed by atoms with Crippen molar-refractivity contribution in [2.45, 2.75) is 6.54 Å². The van der Waals surface area contributed by atoms with E-state index in [0.29, 0.717) is 32.7 Å². The van der Waals surface area contributed by atoms with Gasteiger partial charge in [-0.1, -0.05) is 22.0 Å². The molecule has 0 aliphatic carbocycles. The Hall–Kier alpha value is -3.19. The van der Waals surface area contributed by atoms with E-state index in [2.05, 4.69) is 15.9 Å². The maximum Gasteiger partial charge on any atom is 0.323 e. The summed E-state index contributed by atoms with van der Waals surface area (Å²) in [5.41, 5.74) is 0.0275. The van der Waals surface area contributed by atoms with E-state index in [-0.39, 0.29) is 0 Å². The summed E-state index contributed by atoms with van der Waals surface area (Å²) in [5, 5.41) is 12.6. The predicted molar refractivity (Wildman–Crippen MR) is 106 cm³/mol. The molecular formula is C20H10BrNO5. The summed E-state index contributed by atoms with van der Waals surface area (Å²) < 4.78 is 7.64. The van der Waals surface area contributed by atoms with E-state index in [0.717, 1.165) is 19.8 Å². The third-order valence-corrected chi connectivity index (χ3v) is 5.31. The van der Waals surface area contributed by atoms with E-state index in [1.807, 2.05) is 24.3 Å². The van der Waals surface area contributed by atoms with Crippen LogP contribution in [-0.2, 0) is 11.3 Å². The number of aliphatic carboxylic acids is 1. The molecule has 3 aromatic carbocycles. The van der Waals surface area contributed by atoms with Crippen molar-refractivity contribution in [1.29, 1.82) is 0 Å². The molecule has 7 heteroatoms. The average molecular weight is 424 g/mol. The van der Waals surface area contributed by atoms with Crippen molar-refractivity contribution in [1.82, 2.24) is 4.57 Å². The van der Waals surface area contributed by atoms with Crippen molar-refractivity contribution in [3.8, 4) is 0 Å². The quantitative estimate of drug-likeness (QED) is 0.345. The number of aromatic nitrogens is 1. The minimum atomic E-state index is -1.24. The van der Waals surface area contributed by atoms with Crippen LogP contribution in [0.25, 0.3) is 43.5 Å². The van der Waals surface area contributed by atoms with Crippen LogP contribution in [0, 0.1) is 0 Å². The van der Waals surface area contributed by atoms with Crippen molar-refractivity contribution in [3.05, 3.63) is 67.6 Å². The fourth-order valence-electron chi connectivity index (χ4n) is 3.71. The highest BCUT2D eigenvalue weighted by Gasteiger charge is 2.19. The summed E-state index contributed by atoms with van der Waals surface area (Å²) in [7, 11) is 0. The molecule has 0 atom stereocenters. The van der Waals surface area contributed by atoms with Gasteiger partial charge in [0, 0.05) is 31.4 Å². The maximum absolute atomic E-state index is 12.8. The molecule has 0 amide bonds. The van der Waals surface area contributed by atoms with Gasteiger partial charge in [-0.25, -0.2) is 0 Å². The molecule has 0 aliphatic heterocycles. The molecule has 0 aliphatic rings. The fraction of sp³-hybridized carbons (Fsp3) is 0.0500. The van der Waals surface area contributed by atoms with Crippen LogP contribution in [0.15, 0.2) is 60.9 Å². The van der Waals surface area contributed by atoms with E-state index in [1.54, 1.807) is 18.2 Å². The fourth-order valence-corrected chi connectivity index (χ4v) is 4.07. The van der Waals surface area contributed by atoms with Gasteiger partial charge in [0.2, 0.25) is 0 Å². The summed E-state index contributed by atoms with van der Waals surface area (Å²) >= 11 is 3.46. The van der Waals surface area contributed by atoms with Crippen LogP contribution in [0.4, 0.5) is 0 Å². The van der Waals surface area contributed by atoms with Gasteiger partial charge in [-0.3, -0.25) is 19.0 Å². The van der Waals surface area contributed by atoms with Crippen LogP contribution in [0.1, 0.15) is 0 Å². The zero-order chi connectivity index (χ0) is 18.9. The number of hydrogen-bond acceptors (Lipinski definition) is 4. The molecule has 2 aromatic heterocycles. The summed E-state index contributed by atoms with van der Waals surface area (Å²) in [6.07, 6.45) is 0. The third kappa shape index (κ3) is 2.15. The lowest BCUT2D eigenvalue weighted by Crippen LogP contribution is -2.35. The molecule has 0 saturated carbocycles. The summed E-state index contributed by atoms with van der Waals surface area (Å²) in [6, 6.07) is 12.4. The first kappa shape index (κ1) is 16.0. The molecule has 0 unspecified atom stereocenters. The van der Waals surface area contributed by atoms with E-state index in [9.17, 15) is 14.4 Å². The first-order valence-corrected chi connectivity index (χ1v) is 8.90. The van der Waals surface area contributed by atoms with E-state index in [4.69, 9.17) is 9.52 Å². The topological polar surface area (TPSA) is 89.5 Å². The number of halogens is 1. The van der Waals surface area contributed by atoms with Gasteiger partial charge in [-0.15, -0.1) is 0 Å². The van der Waals surface area contributed by atoms with E-state index < -0.39 is 23.6 Å². The van der Waals surface area contributed by atoms with Gasteiger partial charge in [0.25, 0.3) is 11.1 Å². The van der Waals surface area contributed by atoms with E-state index in [1.165, 1.54) is 0 Å². The molecule has 0 bridgehead atoms. The number of nitrogens with zero attached hydrogens (tertiary/aromatic N) is 1. The second-order valence-electron chi connectivity index (χ2n) is 6.35. The zero-order valence-electron chi connectivity index (χ0n) is 13.7. The molecule has 5 aromatic rings. The molecule has 132 valence electrons. The molecular weight excluding hydrogens is 414 g/mol. The van der Waals surface area contributed by atoms with E-state index >= 15 is 0 Å². The molecule has 0 fully saturated rings. The van der Waals surface area contributed by atoms with Crippen molar-refractivity contribution in [2.24, 2.45) is 0 Å². The van der Waals surface area contributed by atoms with Crippen LogP contribution in [0.5, 0.6) is 0 Å². The first-order chi connectivity index (χ1) is 13.0. The van der Waals surface area contributed by atoms with Crippen LogP contribution < -0.4 is 11.1 Å². The number of fused-ring (bicyclic) bond motifs is 2. The zero-order valence-corrected chi connectivity index (χ0v) is 15.2. The highest BCUT2D eigenvalue weighted by atomic mass is 79.9. The number of hydrogen-bond donors (Lipinski definition) is 1. The molecule has 0 saturated heterocycles. The summed E-state index contributed by atoms with van der Waals surface area (Å²) in [4.78, 5) is 36.6. The van der Waals surface area contributed by atoms with Crippen LogP contribution >= 0.6 is 15.9 Å². The highest BCUT2D eigenvalue weighted by Crippen LogP contribution is 2.37. The standard InChI is InChI=1S/C20H10BrNO5/c21-9-1-5-14-13(7-9)10-2-3-11-17-12(4-6-15(27-14)18(10)17)20(26)22(19(11)25)8-16(23)24/h1-7H,8H2,(H,23,24). The van der Waals surface area contributed by atoms with Crippen molar-refractivity contribution in [3.63, 3.8) is 0 Å². The number of benzene rings is 3. The number of carboxylic acids is 1. The molecule has 5 rings (SSSR count). The van der Waals surface area contributed by atoms with Gasteiger partial charge in [-0.05, 0) is 41.8 Å². The van der Waals surface area contributed by atoms with Crippen molar-refractivity contribution in [2.75, 3.05) is 0 Å². The maximum atomic E-state index is 12.8. The third-order valence-electron chi connectivity index (χ3n) is 4.82. The number of rotatable bonds is 2. The second kappa shape index (κ2) is 5.40. The second-order valence-corrected chi connectivity index (χ2v) is 7.27. The highest BCUT2D eigenvalue weighted by molar-refractivity contribution is 9.10. The van der Waals surface area contributed by atoms with Crippen LogP contribution in [-0.4, -0.2) is 15.6 Å². The Morgan fingerprint density at radius 1 is 0.889 bits per heavy atom. The van der Waals surface area contributed by atoms with Crippen LogP contribution in [0.2, 0.25) is 0 Å². The van der Waals surface area contributed by atoms with Gasteiger partial charge in [0.15, 0.2) is 0 Å². The molecule has 6 nitrogen and oxygen atoms in total. The number of carbonyl (C=O) groups is 1. The normalized spacial score (nSPS) is 11.9. The Bertz CT molecular complexity index is 1500. The minimum Gasteiger partial charge on any atom is -0.480 e. The lowest BCUT2D eigenvalue weighted by atomic mass is 9.96. The Kier molecular flexibility index (Phi) is 3.21. The molecule has 27 heavy (non-hydrogen) atoms. The number of carboxylic acid groups (broad SMARTS) is 1. The van der Waals surface area contributed by atoms with Crippen molar-refractivity contribution >= 4 is 65.4 Å². The predicted octanol–water partition coefficient (Wildman–Crippen LogP) is 3.70. The van der Waals surface area contributed by atoms with Gasteiger partial charge in [0.1, 0.15) is 17.7 Å². The SMILES string of the molecule is O=C(O)Cn1c(=O)c2ccc3oc4ccc(Br)cc4c4ccc(c1=O)c2c34. The number of pyridine rings is 1. The molecule has 2 heterocycles. The Balaban J connectivity index is 2.08. The lowest BCUT2D eigenvalue weighted by molar-refractivity contribution is -0.137. The van der Waals surface area contributed by atoms with Crippen LogP contribution in [0.3, 0.4) is 0 Å². The van der Waals surface area contributed by atoms with Gasteiger partial charge in [-0.2, -0.15) is 0 Å². The van der Waals surface area contributed by atoms with Gasteiger partial charge < -0.3 is 9.52 Å². The smallest absolute Gasteiger partial charge is 0.323 e. The Morgan fingerprint density at radius 2 is 1.52 bits per heavy atom. The average Bonchev–Trinajstić information content (AvgIpc) is 2.65. The Morgan fingerprint density at radius 3 is 2.22 bits per heavy atom. The monoisotopic (exact) mass is 423 g/mol. The minimum absolute atomic E-state index is 0.300. The van der Waals surface area contributed by atoms with Gasteiger partial charge in [0.05, 0.1) is 0 Å². The summed E-state index contributed by atoms with van der Waals surface area (Å²) in [5.74, 6) is -1.24. The first-order valence-electron chi connectivity index (χ1n) is 8.11. The molecule has 0 spiro atoms. The Labute approximate surface area is 158 Å². The molecule has 1 N–H and O–H groups in total. The van der Waals surface area contributed by atoms with Crippen molar-refractivity contribution < 1.29 is 14.3 Å². The van der Waals surface area contributed by atoms with Gasteiger partial charge >= 0.3 is 5.97 Å². The largest absolute Gasteiger partial charge is 0.480 e. The molecule has 0 radical (unpaired) electrons. The lowest BCUT2D eigenvalue weighted by Gasteiger charge is -2.13.